The molecule has 0 aromatic carbocycles. The molecule has 1 aliphatic heterocycles. The lowest BCUT2D eigenvalue weighted by atomic mass is 9.65. The normalized spacial score (nSPS) is 29.8. The molecule has 3 fully saturated rings. The molecular weight excluding hydrogens is 264 g/mol. The lowest BCUT2D eigenvalue weighted by Crippen LogP contribution is -2.59. The van der Waals surface area contributed by atoms with E-state index in [4.69, 9.17) is 0 Å². The zero-order valence-electron chi connectivity index (χ0n) is 13.4. The Balaban J connectivity index is 1.71. The Bertz CT molecular complexity index is 372. The lowest BCUT2D eigenvalue weighted by molar-refractivity contribution is -0.142. The molecule has 1 saturated heterocycles. The molecule has 4 heteroatoms. The van der Waals surface area contributed by atoms with Gasteiger partial charge in [0, 0.05) is 31.7 Å². The van der Waals surface area contributed by atoms with Crippen molar-refractivity contribution >= 4 is 5.97 Å². The van der Waals surface area contributed by atoms with Gasteiger partial charge in [-0.1, -0.05) is 12.8 Å². The van der Waals surface area contributed by atoms with Crippen LogP contribution in [0.5, 0.6) is 0 Å². The Morgan fingerprint density at radius 2 is 1.52 bits per heavy atom. The van der Waals surface area contributed by atoms with Crippen LogP contribution >= 0.6 is 0 Å². The largest absolute Gasteiger partial charge is 0.481 e. The maximum atomic E-state index is 11.5. The van der Waals surface area contributed by atoms with Gasteiger partial charge in [-0.15, -0.1) is 0 Å². The highest BCUT2D eigenvalue weighted by Gasteiger charge is 2.47. The number of carbonyl (C=O) groups is 1. The van der Waals surface area contributed by atoms with Gasteiger partial charge in [-0.05, 0) is 51.0 Å². The fourth-order valence-electron chi connectivity index (χ4n) is 5.04. The number of nitrogens with zero attached hydrogens (tertiary/aromatic N) is 2. The van der Waals surface area contributed by atoms with Gasteiger partial charge < -0.3 is 10.0 Å². The zero-order valence-corrected chi connectivity index (χ0v) is 13.4. The summed E-state index contributed by atoms with van der Waals surface area (Å²) in [7, 11) is 2.16. The van der Waals surface area contributed by atoms with Crippen molar-refractivity contribution in [3.05, 3.63) is 0 Å². The number of likely N-dealkylation sites (N-methyl/N-ethyl adjacent to an activating group) is 1. The van der Waals surface area contributed by atoms with Gasteiger partial charge in [0.1, 0.15) is 0 Å². The van der Waals surface area contributed by atoms with E-state index in [0.29, 0.717) is 11.8 Å². The topological polar surface area (TPSA) is 43.8 Å². The molecule has 1 N–H and O–H groups in total. The predicted octanol–water partition coefficient (Wildman–Crippen LogP) is 2.58. The molecule has 0 aromatic heterocycles. The molecule has 0 amide bonds. The number of hydrogen-bond acceptors (Lipinski definition) is 3. The third-order valence-electron chi connectivity index (χ3n) is 6.56. The minimum absolute atomic E-state index is 0.0546. The quantitative estimate of drug-likeness (QED) is 0.869. The van der Waals surface area contributed by atoms with Crippen molar-refractivity contribution in [2.24, 2.45) is 5.41 Å². The molecule has 120 valence electrons. The Labute approximate surface area is 128 Å². The standard InChI is InChI=1S/C17H30N2O2/c1-18-10-12-19(13-11-18)17(14-15(20)21)8-6-16(7-9-17)4-2-3-5-16/h2-14H2,1H3,(H,20,21). The molecule has 0 unspecified atom stereocenters. The van der Waals surface area contributed by atoms with Crippen molar-refractivity contribution in [1.82, 2.24) is 9.80 Å². The van der Waals surface area contributed by atoms with Crippen molar-refractivity contribution in [3.8, 4) is 0 Å². The van der Waals surface area contributed by atoms with Gasteiger partial charge in [0.2, 0.25) is 0 Å². The van der Waals surface area contributed by atoms with Crippen molar-refractivity contribution in [2.45, 2.75) is 63.3 Å². The molecule has 0 radical (unpaired) electrons. The summed E-state index contributed by atoms with van der Waals surface area (Å²) in [4.78, 5) is 16.3. The van der Waals surface area contributed by atoms with Crippen LogP contribution < -0.4 is 0 Å². The first-order chi connectivity index (χ1) is 10.0. The van der Waals surface area contributed by atoms with E-state index in [1.165, 1.54) is 38.5 Å². The second kappa shape index (κ2) is 5.88. The Morgan fingerprint density at radius 3 is 2.05 bits per heavy atom. The van der Waals surface area contributed by atoms with Crippen LogP contribution in [0.25, 0.3) is 0 Å². The summed E-state index contributed by atoms with van der Waals surface area (Å²) in [6.45, 7) is 4.23. The van der Waals surface area contributed by atoms with Gasteiger partial charge in [-0.25, -0.2) is 0 Å². The number of hydrogen-bond donors (Lipinski definition) is 1. The van der Waals surface area contributed by atoms with Crippen LogP contribution in [0.2, 0.25) is 0 Å². The van der Waals surface area contributed by atoms with Crippen LogP contribution in [-0.4, -0.2) is 59.6 Å². The first-order valence-corrected chi connectivity index (χ1v) is 8.69. The van der Waals surface area contributed by atoms with Gasteiger partial charge in [-0.3, -0.25) is 9.69 Å². The Morgan fingerprint density at radius 1 is 0.952 bits per heavy atom. The summed E-state index contributed by atoms with van der Waals surface area (Å²) in [5, 5.41) is 9.43. The first kappa shape index (κ1) is 15.3. The van der Waals surface area contributed by atoms with E-state index in [1.54, 1.807) is 0 Å². The van der Waals surface area contributed by atoms with Crippen LogP contribution in [-0.2, 0) is 4.79 Å². The summed E-state index contributed by atoms with van der Waals surface area (Å²) in [5.41, 5.74) is 0.523. The van der Waals surface area contributed by atoms with Crippen LogP contribution in [0.1, 0.15) is 57.8 Å². The molecule has 2 saturated carbocycles. The predicted molar refractivity (Wildman–Crippen MR) is 83.4 cm³/mol. The molecule has 0 aromatic rings. The van der Waals surface area contributed by atoms with Crippen LogP contribution in [0.15, 0.2) is 0 Å². The highest BCUT2D eigenvalue weighted by atomic mass is 16.4. The van der Waals surface area contributed by atoms with Gasteiger partial charge >= 0.3 is 5.97 Å². The van der Waals surface area contributed by atoms with Crippen molar-refractivity contribution in [3.63, 3.8) is 0 Å². The minimum Gasteiger partial charge on any atom is -0.481 e. The third-order valence-corrected chi connectivity index (χ3v) is 6.56. The van der Waals surface area contributed by atoms with E-state index in [1.807, 2.05) is 0 Å². The molecule has 4 nitrogen and oxygen atoms in total. The van der Waals surface area contributed by atoms with Gasteiger partial charge in [0.05, 0.1) is 6.42 Å². The average molecular weight is 294 g/mol. The second-order valence-electron chi connectivity index (χ2n) is 7.79. The molecule has 21 heavy (non-hydrogen) atoms. The first-order valence-electron chi connectivity index (χ1n) is 8.69. The number of piperazine rings is 1. The van der Waals surface area contributed by atoms with Crippen molar-refractivity contribution in [1.29, 1.82) is 0 Å². The molecule has 0 bridgehead atoms. The summed E-state index contributed by atoms with van der Waals surface area (Å²) in [6.07, 6.45) is 10.6. The van der Waals surface area contributed by atoms with E-state index < -0.39 is 5.97 Å². The van der Waals surface area contributed by atoms with Crippen LogP contribution in [0, 0.1) is 5.41 Å². The molecule has 3 aliphatic rings. The molecule has 1 spiro atoms. The molecular formula is C17H30N2O2. The van der Waals surface area contributed by atoms with Crippen LogP contribution in [0.4, 0.5) is 0 Å². The number of aliphatic carboxylic acids is 1. The second-order valence-corrected chi connectivity index (χ2v) is 7.79. The van der Waals surface area contributed by atoms with Crippen molar-refractivity contribution < 1.29 is 9.90 Å². The molecule has 0 atom stereocenters. The average Bonchev–Trinajstić information content (AvgIpc) is 2.91. The smallest absolute Gasteiger partial charge is 0.305 e. The molecule has 1 heterocycles. The molecule has 2 aliphatic carbocycles. The highest BCUT2D eigenvalue weighted by Crippen LogP contribution is 2.53. The van der Waals surface area contributed by atoms with E-state index in [2.05, 4.69) is 16.8 Å². The zero-order chi connectivity index (χ0) is 14.9. The van der Waals surface area contributed by atoms with Gasteiger partial charge in [-0.2, -0.15) is 0 Å². The SMILES string of the molecule is CN1CCN(C2(CC(=O)O)CCC3(CCCC3)CC2)CC1. The minimum atomic E-state index is -0.615. The van der Waals surface area contributed by atoms with E-state index >= 15 is 0 Å². The number of rotatable bonds is 3. The Kier molecular flexibility index (Phi) is 4.28. The highest BCUT2D eigenvalue weighted by molar-refractivity contribution is 5.68. The monoisotopic (exact) mass is 294 g/mol. The summed E-state index contributed by atoms with van der Waals surface area (Å²) >= 11 is 0. The fraction of sp³-hybridized carbons (Fsp3) is 0.941. The van der Waals surface area contributed by atoms with E-state index in [0.717, 1.165) is 39.0 Å². The molecule has 3 rings (SSSR count). The van der Waals surface area contributed by atoms with E-state index in [-0.39, 0.29) is 5.54 Å². The van der Waals surface area contributed by atoms with Crippen molar-refractivity contribution in [2.75, 3.05) is 33.2 Å². The maximum Gasteiger partial charge on any atom is 0.305 e. The van der Waals surface area contributed by atoms with Gasteiger partial charge in [0.25, 0.3) is 0 Å². The summed E-state index contributed by atoms with van der Waals surface area (Å²) in [6, 6.07) is 0. The van der Waals surface area contributed by atoms with Gasteiger partial charge in [0.15, 0.2) is 0 Å². The lowest BCUT2D eigenvalue weighted by Gasteiger charge is -2.52. The fourth-order valence-corrected chi connectivity index (χ4v) is 5.04. The number of carboxylic acid groups (broad SMARTS) is 1. The third kappa shape index (κ3) is 3.11. The Hall–Kier alpha value is -0.610. The number of carboxylic acids is 1. The maximum absolute atomic E-state index is 11.5. The van der Waals surface area contributed by atoms with Crippen LogP contribution in [0.3, 0.4) is 0 Å². The van der Waals surface area contributed by atoms with E-state index in [9.17, 15) is 9.90 Å². The summed E-state index contributed by atoms with van der Waals surface area (Å²) < 4.78 is 0. The summed E-state index contributed by atoms with van der Waals surface area (Å²) in [5.74, 6) is -0.615.